The highest BCUT2D eigenvalue weighted by Crippen LogP contribution is 2.68. The molecule has 0 heterocycles. The van der Waals surface area contributed by atoms with Crippen molar-refractivity contribution in [2.24, 2.45) is 34.5 Å². The molecule has 0 amide bonds. The van der Waals surface area contributed by atoms with Crippen LogP contribution in [0.2, 0.25) is 0 Å². The highest BCUT2D eigenvalue weighted by atomic mass is 16.3. The molecule has 4 saturated carbocycles. The van der Waals surface area contributed by atoms with E-state index in [1.54, 1.807) is 0 Å². The van der Waals surface area contributed by atoms with Gasteiger partial charge < -0.3 is 15.3 Å². The molecule has 4 fully saturated rings. The lowest BCUT2D eigenvalue weighted by Gasteiger charge is -2.62. The minimum absolute atomic E-state index is 0.0535. The smallest absolute Gasteiger partial charge is 0.0675 e. The van der Waals surface area contributed by atoms with Gasteiger partial charge in [0.1, 0.15) is 0 Å². The first-order chi connectivity index (χ1) is 10.8. The molecule has 0 unspecified atom stereocenters. The van der Waals surface area contributed by atoms with Crippen LogP contribution in [-0.2, 0) is 0 Å². The Morgan fingerprint density at radius 1 is 0.913 bits per heavy atom. The molecule has 3 heteroatoms. The van der Waals surface area contributed by atoms with Gasteiger partial charge in [-0.15, -0.1) is 0 Å². The molecule has 0 aromatic carbocycles. The Kier molecular flexibility index (Phi) is 3.69. The first-order valence-corrected chi connectivity index (χ1v) is 9.85. The first-order valence-electron chi connectivity index (χ1n) is 9.85. The predicted octanol–water partition coefficient (Wildman–Crippen LogP) is 3.11. The third-order valence-electron chi connectivity index (χ3n) is 9.19. The zero-order valence-electron chi connectivity index (χ0n) is 14.8. The molecular formula is C20H34O3. The van der Waals surface area contributed by atoms with E-state index >= 15 is 0 Å². The molecule has 4 aliphatic rings. The summed E-state index contributed by atoms with van der Waals surface area (Å²) >= 11 is 0. The Morgan fingerprint density at radius 3 is 2.39 bits per heavy atom. The molecule has 0 aromatic heterocycles. The highest BCUT2D eigenvalue weighted by molar-refractivity contribution is 5.13. The average Bonchev–Trinajstić information content (AvgIpc) is 2.77. The summed E-state index contributed by atoms with van der Waals surface area (Å²) < 4.78 is 0. The molecule has 132 valence electrons. The molecule has 0 bridgehead atoms. The fraction of sp³-hybridized carbons (Fsp3) is 1.00. The maximum absolute atomic E-state index is 10.9. The molecule has 0 saturated heterocycles. The third kappa shape index (κ3) is 2.05. The van der Waals surface area contributed by atoms with Crippen LogP contribution in [0.25, 0.3) is 0 Å². The van der Waals surface area contributed by atoms with Gasteiger partial charge in [0, 0.05) is 6.61 Å². The lowest BCUT2D eigenvalue weighted by Crippen LogP contribution is -2.58. The number of hydrogen-bond donors (Lipinski definition) is 3. The predicted molar refractivity (Wildman–Crippen MR) is 89.8 cm³/mol. The second kappa shape index (κ2) is 5.19. The SMILES string of the molecule is C[C@]1(O)CC[C@H]2[C@@H]3CC[C@H]4C[C@@H](O)CC[C@]4(CO)[C@H]3CC[C@@]21C. The third-order valence-corrected chi connectivity index (χ3v) is 9.19. The van der Waals surface area contributed by atoms with Gasteiger partial charge in [-0.2, -0.15) is 0 Å². The molecule has 0 spiro atoms. The van der Waals surface area contributed by atoms with Crippen LogP contribution in [0.1, 0.15) is 71.6 Å². The van der Waals surface area contributed by atoms with Crippen LogP contribution >= 0.6 is 0 Å². The molecule has 0 aliphatic heterocycles. The van der Waals surface area contributed by atoms with Crippen molar-refractivity contribution in [2.75, 3.05) is 6.61 Å². The molecular weight excluding hydrogens is 288 g/mol. The highest BCUT2D eigenvalue weighted by Gasteiger charge is 2.64. The van der Waals surface area contributed by atoms with Crippen molar-refractivity contribution in [1.29, 1.82) is 0 Å². The number of fused-ring (bicyclic) bond motifs is 5. The summed E-state index contributed by atoms with van der Waals surface area (Å²) in [6.45, 7) is 4.67. The van der Waals surface area contributed by atoms with Crippen LogP contribution in [0.5, 0.6) is 0 Å². The first kappa shape index (κ1) is 16.4. The monoisotopic (exact) mass is 322 g/mol. The van der Waals surface area contributed by atoms with E-state index in [0.29, 0.717) is 30.3 Å². The Labute approximate surface area is 140 Å². The second-order valence-corrected chi connectivity index (χ2v) is 9.74. The summed E-state index contributed by atoms with van der Waals surface area (Å²) in [5, 5.41) is 31.4. The van der Waals surface area contributed by atoms with Gasteiger partial charge >= 0.3 is 0 Å². The van der Waals surface area contributed by atoms with Crippen molar-refractivity contribution in [2.45, 2.75) is 83.3 Å². The van der Waals surface area contributed by atoms with E-state index in [-0.39, 0.29) is 16.9 Å². The molecule has 0 aromatic rings. The van der Waals surface area contributed by atoms with Crippen LogP contribution in [-0.4, -0.2) is 33.6 Å². The normalized spacial score (nSPS) is 59.1. The Bertz CT molecular complexity index is 476. The zero-order valence-corrected chi connectivity index (χ0v) is 14.8. The summed E-state index contributed by atoms with van der Waals surface area (Å²) in [7, 11) is 0. The van der Waals surface area contributed by atoms with Crippen molar-refractivity contribution in [1.82, 2.24) is 0 Å². The fourth-order valence-corrected chi connectivity index (χ4v) is 7.58. The molecule has 4 rings (SSSR count). The largest absolute Gasteiger partial charge is 0.396 e. The number of aliphatic hydroxyl groups is 3. The van der Waals surface area contributed by atoms with E-state index < -0.39 is 5.60 Å². The molecule has 0 radical (unpaired) electrons. The zero-order chi connectivity index (χ0) is 16.5. The molecule has 3 nitrogen and oxygen atoms in total. The quantitative estimate of drug-likeness (QED) is 0.695. The van der Waals surface area contributed by atoms with Crippen LogP contribution in [0.15, 0.2) is 0 Å². The minimum atomic E-state index is -0.519. The summed E-state index contributed by atoms with van der Waals surface area (Å²) in [6, 6.07) is 0. The molecule has 4 aliphatic carbocycles. The van der Waals surface area contributed by atoms with Gasteiger partial charge in [0.2, 0.25) is 0 Å². The van der Waals surface area contributed by atoms with Gasteiger partial charge in [0.15, 0.2) is 0 Å². The van der Waals surface area contributed by atoms with Crippen LogP contribution in [0.4, 0.5) is 0 Å². The number of aliphatic hydroxyl groups excluding tert-OH is 2. The van der Waals surface area contributed by atoms with Crippen LogP contribution < -0.4 is 0 Å². The summed E-state index contributed by atoms with van der Waals surface area (Å²) in [4.78, 5) is 0. The molecule has 3 N–H and O–H groups in total. The Morgan fingerprint density at radius 2 is 1.65 bits per heavy atom. The minimum Gasteiger partial charge on any atom is -0.396 e. The lowest BCUT2D eigenvalue weighted by atomic mass is 9.44. The van der Waals surface area contributed by atoms with E-state index in [9.17, 15) is 15.3 Å². The van der Waals surface area contributed by atoms with Gasteiger partial charge in [-0.1, -0.05) is 6.92 Å². The van der Waals surface area contributed by atoms with E-state index in [0.717, 1.165) is 51.4 Å². The van der Waals surface area contributed by atoms with Crippen molar-refractivity contribution in [3.8, 4) is 0 Å². The van der Waals surface area contributed by atoms with Crippen molar-refractivity contribution >= 4 is 0 Å². The van der Waals surface area contributed by atoms with Gasteiger partial charge in [-0.25, -0.2) is 0 Å². The van der Waals surface area contributed by atoms with Gasteiger partial charge in [-0.05, 0) is 99.2 Å². The van der Waals surface area contributed by atoms with Crippen LogP contribution in [0, 0.1) is 34.5 Å². The van der Waals surface area contributed by atoms with E-state index in [4.69, 9.17) is 0 Å². The maximum Gasteiger partial charge on any atom is 0.0675 e. The van der Waals surface area contributed by atoms with Crippen molar-refractivity contribution in [3.63, 3.8) is 0 Å². The van der Waals surface area contributed by atoms with Crippen molar-refractivity contribution in [3.05, 3.63) is 0 Å². The number of hydrogen-bond acceptors (Lipinski definition) is 3. The standard InChI is InChI=1S/C20H34O3/c1-18-8-6-17-15(16(18)7-9-19(18,2)23)4-3-13-11-14(22)5-10-20(13,17)12-21/h13-17,21-23H,3-12H2,1-2H3/t13-,14-,15-,16-,17-,18-,19-,20+/m0/s1. The molecule has 23 heavy (non-hydrogen) atoms. The summed E-state index contributed by atoms with van der Waals surface area (Å²) in [5.74, 6) is 2.39. The Hall–Kier alpha value is -0.120. The molecule has 8 atom stereocenters. The maximum atomic E-state index is 10.9. The summed E-state index contributed by atoms with van der Waals surface area (Å²) in [5.41, 5.74) is -0.404. The van der Waals surface area contributed by atoms with Gasteiger partial charge in [0.05, 0.1) is 11.7 Å². The van der Waals surface area contributed by atoms with Crippen LogP contribution in [0.3, 0.4) is 0 Å². The average molecular weight is 322 g/mol. The lowest BCUT2D eigenvalue weighted by molar-refractivity contribution is -0.171. The van der Waals surface area contributed by atoms with E-state index in [2.05, 4.69) is 13.8 Å². The van der Waals surface area contributed by atoms with Crippen molar-refractivity contribution < 1.29 is 15.3 Å². The Balaban J connectivity index is 1.66. The fourth-order valence-electron chi connectivity index (χ4n) is 7.58. The second-order valence-electron chi connectivity index (χ2n) is 9.74. The topological polar surface area (TPSA) is 60.7 Å². The van der Waals surface area contributed by atoms with Gasteiger partial charge in [0.25, 0.3) is 0 Å². The van der Waals surface area contributed by atoms with Gasteiger partial charge in [-0.3, -0.25) is 0 Å². The number of rotatable bonds is 1. The van der Waals surface area contributed by atoms with E-state index in [1.807, 2.05) is 0 Å². The van der Waals surface area contributed by atoms with E-state index in [1.165, 1.54) is 6.42 Å². The summed E-state index contributed by atoms with van der Waals surface area (Å²) in [6.07, 6.45) is 9.33.